The molecule has 0 amide bonds. The van der Waals surface area contributed by atoms with E-state index in [4.69, 9.17) is 5.11 Å². The highest BCUT2D eigenvalue weighted by Crippen LogP contribution is 2.22. The third-order valence-electron chi connectivity index (χ3n) is 3.06. The van der Waals surface area contributed by atoms with Crippen LogP contribution in [0.4, 0.5) is 0 Å². The molecule has 0 unspecified atom stereocenters. The van der Waals surface area contributed by atoms with Crippen LogP contribution >= 0.6 is 0 Å². The van der Waals surface area contributed by atoms with Crippen LogP contribution in [-0.4, -0.2) is 21.0 Å². The van der Waals surface area contributed by atoms with Crippen LogP contribution in [-0.2, 0) is 6.42 Å². The Labute approximate surface area is 106 Å². The number of carbonyl (C=O) groups is 1. The van der Waals surface area contributed by atoms with Crippen molar-refractivity contribution in [3.8, 4) is 0 Å². The molecule has 1 aromatic carbocycles. The van der Waals surface area contributed by atoms with Crippen molar-refractivity contribution in [3.05, 3.63) is 53.1 Å². The van der Waals surface area contributed by atoms with Gasteiger partial charge in [0.1, 0.15) is 11.5 Å². The number of imidazole rings is 1. The summed E-state index contributed by atoms with van der Waals surface area (Å²) in [7, 11) is 0. The lowest BCUT2D eigenvalue weighted by Crippen LogP contribution is -2.01. The van der Waals surface area contributed by atoms with E-state index in [1.54, 1.807) is 0 Å². The highest BCUT2D eigenvalue weighted by Gasteiger charge is 2.19. The van der Waals surface area contributed by atoms with E-state index in [1.807, 2.05) is 44.2 Å². The molecule has 94 valence electrons. The summed E-state index contributed by atoms with van der Waals surface area (Å²) in [6, 6.07) is 9.91. The summed E-state index contributed by atoms with van der Waals surface area (Å²) in [5, 5.41) is 9.09. The number of nitrogens with one attached hydrogen (secondary N) is 1. The van der Waals surface area contributed by atoms with Gasteiger partial charge in [0.15, 0.2) is 0 Å². The van der Waals surface area contributed by atoms with Crippen LogP contribution in [0.3, 0.4) is 0 Å². The molecule has 4 nitrogen and oxygen atoms in total. The fourth-order valence-electron chi connectivity index (χ4n) is 1.97. The van der Waals surface area contributed by atoms with Crippen molar-refractivity contribution in [1.82, 2.24) is 9.97 Å². The molecule has 0 bridgehead atoms. The van der Waals surface area contributed by atoms with Gasteiger partial charge in [-0.3, -0.25) is 0 Å². The number of aryl methyl sites for hydroxylation is 1. The lowest BCUT2D eigenvalue weighted by Gasteiger charge is -2.08. The van der Waals surface area contributed by atoms with Crippen LogP contribution in [0.5, 0.6) is 0 Å². The number of benzene rings is 1. The number of aromatic carboxylic acids is 1. The zero-order valence-corrected chi connectivity index (χ0v) is 10.5. The number of nitrogens with zero attached hydrogens (tertiary/aromatic N) is 1. The Morgan fingerprint density at radius 2 is 2.06 bits per heavy atom. The van der Waals surface area contributed by atoms with Gasteiger partial charge in [-0.15, -0.1) is 0 Å². The molecule has 0 aliphatic rings. The lowest BCUT2D eigenvalue weighted by atomic mass is 10.0. The second-order valence-corrected chi connectivity index (χ2v) is 4.23. The molecule has 18 heavy (non-hydrogen) atoms. The van der Waals surface area contributed by atoms with Crippen LogP contribution in [0.1, 0.15) is 47.3 Å². The number of aromatic nitrogens is 2. The molecule has 1 aromatic heterocycles. The van der Waals surface area contributed by atoms with E-state index < -0.39 is 5.97 Å². The quantitative estimate of drug-likeness (QED) is 0.869. The number of aromatic amines is 1. The summed E-state index contributed by atoms with van der Waals surface area (Å²) < 4.78 is 0. The Hall–Kier alpha value is -2.10. The highest BCUT2D eigenvalue weighted by molar-refractivity contribution is 5.86. The minimum absolute atomic E-state index is 0.0598. The zero-order chi connectivity index (χ0) is 13.1. The van der Waals surface area contributed by atoms with E-state index >= 15 is 0 Å². The molecular weight excluding hydrogens is 228 g/mol. The van der Waals surface area contributed by atoms with Gasteiger partial charge >= 0.3 is 5.97 Å². The molecule has 2 aromatic rings. The second-order valence-electron chi connectivity index (χ2n) is 4.23. The molecule has 2 N–H and O–H groups in total. The van der Waals surface area contributed by atoms with E-state index in [0.717, 1.165) is 5.56 Å². The summed E-state index contributed by atoms with van der Waals surface area (Å²) in [6.45, 7) is 3.92. The van der Waals surface area contributed by atoms with Gasteiger partial charge in [0.05, 0.1) is 5.69 Å². The summed E-state index contributed by atoms with van der Waals surface area (Å²) in [5.74, 6) is -0.189. The normalized spacial score (nSPS) is 12.3. The van der Waals surface area contributed by atoms with Crippen LogP contribution < -0.4 is 0 Å². The standard InChI is InChI=1S/C14H16N2O2/c1-3-11-12(14(17)18)16-13(15-11)9(2)10-7-5-4-6-8-10/h4-9H,3H2,1-2H3,(H,15,16)(H,17,18)/t9-/m1/s1. The fourth-order valence-corrected chi connectivity index (χ4v) is 1.97. The molecule has 4 heteroatoms. The Morgan fingerprint density at radius 1 is 1.39 bits per heavy atom. The maximum absolute atomic E-state index is 11.1. The minimum Gasteiger partial charge on any atom is -0.477 e. The molecule has 0 saturated heterocycles. The van der Waals surface area contributed by atoms with Crippen molar-refractivity contribution in [1.29, 1.82) is 0 Å². The van der Waals surface area contributed by atoms with E-state index in [0.29, 0.717) is 17.9 Å². The molecule has 0 aliphatic heterocycles. The number of rotatable bonds is 4. The Kier molecular flexibility index (Phi) is 3.46. The Bertz CT molecular complexity index is 546. The first-order chi connectivity index (χ1) is 8.63. The number of hydrogen-bond donors (Lipinski definition) is 2. The molecule has 1 atom stereocenters. The number of carboxylic acids is 1. The Morgan fingerprint density at radius 3 is 2.56 bits per heavy atom. The summed E-state index contributed by atoms with van der Waals surface area (Å²) in [6.07, 6.45) is 0.611. The fraction of sp³-hybridized carbons (Fsp3) is 0.286. The van der Waals surface area contributed by atoms with E-state index in [1.165, 1.54) is 0 Å². The third kappa shape index (κ3) is 2.27. The summed E-state index contributed by atoms with van der Waals surface area (Å²) >= 11 is 0. The van der Waals surface area contributed by atoms with Crippen molar-refractivity contribution in [3.63, 3.8) is 0 Å². The van der Waals surface area contributed by atoms with Crippen molar-refractivity contribution in [2.75, 3.05) is 0 Å². The van der Waals surface area contributed by atoms with Crippen molar-refractivity contribution >= 4 is 5.97 Å². The predicted octanol–water partition coefficient (Wildman–Crippen LogP) is 2.82. The van der Waals surface area contributed by atoms with E-state index in [9.17, 15) is 4.79 Å². The number of carboxylic acid groups (broad SMARTS) is 1. The average Bonchev–Trinajstić information content (AvgIpc) is 2.83. The van der Waals surface area contributed by atoms with Crippen molar-refractivity contribution in [2.24, 2.45) is 0 Å². The first-order valence-corrected chi connectivity index (χ1v) is 6.00. The van der Waals surface area contributed by atoms with Gasteiger partial charge in [0, 0.05) is 5.92 Å². The third-order valence-corrected chi connectivity index (χ3v) is 3.06. The van der Waals surface area contributed by atoms with Gasteiger partial charge in [-0.05, 0) is 12.0 Å². The van der Waals surface area contributed by atoms with Crippen molar-refractivity contribution in [2.45, 2.75) is 26.2 Å². The predicted molar refractivity (Wildman–Crippen MR) is 68.9 cm³/mol. The molecule has 0 spiro atoms. The molecule has 2 rings (SSSR count). The maximum Gasteiger partial charge on any atom is 0.354 e. The molecular formula is C14H16N2O2. The van der Waals surface area contributed by atoms with Gasteiger partial charge in [-0.2, -0.15) is 0 Å². The summed E-state index contributed by atoms with van der Waals surface area (Å²) in [5.41, 5.74) is 1.93. The monoisotopic (exact) mass is 244 g/mol. The smallest absolute Gasteiger partial charge is 0.354 e. The van der Waals surface area contributed by atoms with E-state index in [-0.39, 0.29) is 11.6 Å². The van der Waals surface area contributed by atoms with Gasteiger partial charge in [-0.25, -0.2) is 9.78 Å². The van der Waals surface area contributed by atoms with Crippen molar-refractivity contribution < 1.29 is 9.90 Å². The molecule has 0 saturated carbocycles. The van der Waals surface area contributed by atoms with Gasteiger partial charge < -0.3 is 10.1 Å². The SMILES string of the molecule is CCc1nc([C@H](C)c2ccccc2)[nH]c1C(=O)O. The van der Waals surface area contributed by atoms with Gasteiger partial charge in [0.2, 0.25) is 0 Å². The molecule has 0 radical (unpaired) electrons. The van der Waals surface area contributed by atoms with Crippen LogP contribution in [0, 0.1) is 0 Å². The van der Waals surface area contributed by atoms with Gasteiger partial charge in [0.25, 0.3) is 0 Å². The second kappa shape index (κ2) is 5.04. The molecule has 0 fully saturated rings. The van der Waals surface area contributed by atoms with Gasteiger partial charge in [-0.1, -0.05) is 44.2 Å². The van der Waals surface area contributed by atoms with E-state index in [2.05, 4.69) is 9.97 Å². The Balaban J connectivity index is 2.37. The first-order valence-electron chi connectivity index (χ1n) is 6.00. The number of hydrogen-bond acceptors (Lipinski definition) is 2. The zero-order valence-electron chi connectivity index (χ0n) is 10.5. The van der Waals surface area contributed by atoms with Crippen LogP contribution in [0.25, 0.3) is 0 Å². The summed E-state index contributed by atoms with van der Waals surface area (Å²) in [4.78, 5) is 18.4. The maximum atomic E-state index is 11.1. The van der Waals surface area contributed by atoms with Crippen LogP contribution in [0.2, 0.25) is 0 Å². The van der Waals surface area contributed by atoms with Crippen LogP contribution in [0.15, 0.2) is 30.3 Å². The highest BCUT2D eigenvalue weighted by atomic mass is 16.4. The first kappa shape index (κ1) is 12.4. The largest absolute Gasteiger partial charge is 0.477 e. The molecule has 0 aliphatic carbocycles. The molecule has 1 heterocycles. The number of H-pyrrole nitrogens is 1. The average molecular weight is 244 g/mol. The minimum atomic E-state index is -0.953. The lowest BCUT2D eigenvalue weighted by molar-refractivity contribution is 0.0689. The topological polar surface area (TPSA) is 66.0 Å².